The molecule has 1 saturated heterocycles. The number of rotatable bonds is 8. The quantitative estimate of drug-likeness (QED) is 0.518. The van der Waals surface area contributed by atoms with Crippen LogP contribution < -0.4 is 0 Å². The molecular weight excluding hydrogens is 298 g/mol. The molecule has 134 valence electrons. The van der Waals surface area contributed by atoms with Crippen molar-refractivity contribution in [3.8, 4) is 0 Å². The first-order chi connectivity index (χ1) is 10.7. The molecule has 2 N–H and O–H groups in total. The highest BCUT2D eigenvalue weighted by Crippen LogP contribution is 2.38. The van der Waals surface area contributed by atoms with Crippen LogP contribution in [0.3, 0.4) is 0 Å². The van der Waals surface area contributed by atoms with Crippen LogP contribution in [-0.4, -0.2) is 58.4 Å². The number of aliphatic hydroxyl groups excluding tert-OH is 1. The van der Waals surface area contributed by atoms with Crippen LogP contribution in [0.5, 0.6) is 0 Å². The second-order valence-corrected chi connectivity index (χ2v) is 7.02. The molecule has 6 heteroatoms. The average molecular weight is 329 g/mol. The van der Waals surface area contributed by atoms with Crippen molar-refractivity contribution in [1.82, 2.24) is 4.90 Å². The maximum atomic E-state index is 12.4. The lowest BCUT2D eigenvalue weighted by molar-refractivity contribution is -0.157. The van der Waals surface area contributed by atoms with E-state index >= 15 is 0 Å². The predicted octanol–water partition coefficient (Wildman–Crippen LogP) is 1.33. The third kappa shape index (κ3) is 4.23. The van der Waals surface area contributed by atoms with Crippen molar-refractivity contribution in [3.63, 3.8) is 0 Å². The van der Waals surface area contributed by atoms with E-state index in [0.29, 0.717) is 0 Å². The molecule has 1 aliphatic rings. The van der Waals surface area contributed by atoms with Crippen molar-refractivity contribution in [2.75, 3.05) is 13.7 Å². The molecule has 0 saturated carbocycles. The fourth-order valence-electron chi connectivity index (χ4n) is 3.21. The van der Waals surface area contributed by atoms with Crippen LogP contribution in [0.15, 0.2) is 0 Å². The van der Waals surface area contributed by atoms with E-state index in [1.165, 1.54) is 18.9 Å². The molecule has 0 aliphatic carbocycles. The van der Waals surface area contributed by atoms with Gasteiger partial charge in [-0.3, -0.25) is 4.79 Å². The van der Waals surface area contributed by atoms with E-state index in [1.54, 1.807) is 13.8 Å². The molecule has 1 fully saturated rings. The van der Waals surface area contributed by atoms with Crippen LogP contribution in [0.4, 0.5) is 0 Å². The first-order valence-corrected chi connectivity index (χ1v) is 8.50. The summed E-state index contributed by atoms with van der Waals surface area (Å²) in [4.78, 5) is 25.9. The van der Waals surface area contributed by atoms with Gasteiger partial charge in [-0.2, -0.15) is 0 Å². The molecule has 1 heterocycles. The van der Waals surface area contributed by atoms with Crippen molar-refractivity contribution in [2.45, 2.75) is 71.1 Å². The number of unbranched alkanes of at least 4 members (excludes halogenated alkanes) is 3. The second kappa shape index (κ2) is 8.11. The molecule has 0 bridgehead atoms. The SMILES string of the molecule is CCCCCCOC(=O)[C@@H]1N(C)C(=O)[C@H]([C@@H](O)C(C)C)[C@]1(C)O. The number of carbonyl (C=O) groups is 2. The fourth-order valence-corrected chi connectivity index (χ4v) is 3.21. The van der Waals surface area contributed by atoms with Crippen LogP contribution >= 0.6 is 0 Å². The monoisotopic (exact) mass is 329 g/mol. The van der Waals surface area contributed by atoms with E-state index in [0.717, 1.165) is 25.7 Å². The molecule has 6 nitrogen and oxygen atoms in total. The number of nitrogens with zero attached hydrogens (tertiary/aromatic N) is 1. The van der Waals surface area contributed by atoms with Gasteiger partial charge < -0.3 is 19.8 Å². The second-order valence-electron chi connectivity index (χ2n) is 7.02. The number of hydrogen-bond acceptors (Lipinski definition) is 5. The van der Waals surface area contributed by atoms with Gasteiger partial charge in [0.25, 0.3) is 0 Å². The molecule has 4 atom stereocenters. The lowest BCUT2D eigenvalue weighted by Crippen LogP contribution is -2.52. The van der Waals surface area contributed by atoms with Crippen LogP contribution in [-0.2, 0) is 14.3 Å². The van der Waals surface area contributed by atoms with Crippen molar-refractivity contribution >= 4 is 11.9 Å². The van der Waals surface area contributed by atoms with Gasteiger partial charge in [0, 0.05) is 7.05 Å². The third-order valence-corrected chi connectivity index (χ3v) is 4.67. The van der Waals surface area contributed by atoms with Crippen molar-refractivity contribution in [1.29, 1.82) is 0 Å². The predicted molar refractivity (Wildman–Crippen MR) is 86.6 cm³/mol. The fraction of sp³-hybridized carbons (Fsp3) is 0.882. The number of aliphatic hydroxyl groups is 2. The van der Waals surface area contributed by atoms with Crippen LogP contribution in [0.2, 0.25) is 0 Å². The van der Waals surface area contributed by atoms with Crippen LogP contribution in [0.25, 0.3) is 0 Å². The summed E-state index contributed by atoms with van der Waals surface area (Å²) >= 11 is 0. The largest absolute Gasteiger partial charge is 0.464 e. The number of hydrogen-bond donors (Lipinski definition) is 2. The summed E-state index contributed by atoms with van der Waals surface area (Å²) in [5.41, 5.74) is -1.66. The lowest BCUT2D eigenvalue weighted by atomic mass is 9.79. The van der Waals surface area contributed by atoms with Gasteiger partial charge in [0.05, 0.1) is 18.6 Å². The zero-order chi connectivity index (χ0) is 17.8. The molecule has 0 aromatic carbocycles. The smallest absolute Gasteiger partial charge is 0.331 e. The molecule has 1 rings (SSSR count). The van der Waals surface area contributed by atoms with Gasteiger partial charge in [-0.25, -0.2) is 4.79 Å². The summed E-state index contributed by atoms with van der Waals surface area (Å²) in [5.74, 6) is -2.26. The van der Waals surface area contributed by atoms with Crippen molar-refractivity contribution < 1.29 is 24.5 Å². The van der Waals surface area contributed by atoms with E-state index in [2.05, 4.69) is 6.92 Å². The molecule has 23 heavy (non-hydrogen) atoms. The summed E-state index contributed by atoms with van der Waals surface area (Å²) in [6, 6.07) is -1.08. The first kappa shape index (κ1) is 19.9. The lowest BCUT2D eigenvalue weighted by Gasteiger charge is -2.32. The zero-order valence-electron chi connectivity index (χ0n) is 14.9. The molecule has 1 aliphatic heterocycles. The van der Waals surface area contributed by atoms with E-state index < -0.39 is 35.5 Å². The standard InChI is InChI=1S/C17H31NO5/c1-6-7-8-9-10-23-16(21)14-17(4,22)12(13(19)11(2)3)15(20)18(14)5/h11-14,19,22H,6-10H2,1-5H3/t12-,13-,14-,17-/m0/s1. The van der Waals surface area contributed by atoms with Crippen molar-refractivity contribution in [2.24, 2.45) is 11.8 Å². The van der Waals surface area contributed by atoms with Gasteiger partial charge in [-0.05, 0) is 19.3 Å². The average Bonchev–Trinajstić information content (AvgIpc) is 2.63. The van der Waals surface area contributed by atoms with Crippen LogP contribution in [0, 0.1) is 11.8 Å². The number of esters is 1. The zero-order valence-corrected chi connectivity index (χ0v) is 14.9. The Morgan fingerprint density at radius 3 is 2.48 bits per heavy atom. The highest BCUT2D eigenvalue weighted by atomic mass is 16.5. The number of ether oxygens (including phenoxy) is 1. The van der Waals surface area contributed by atoms with Gasteiger partial charge >= 0.3 is 5.97 Å². The molecule has 0 spiro atoms. The van der Waals surface area contributed by atoms with E-state index in [-0.39, 0.29) is 12.5 Å². The first-order valence-electron chi connectivity index (χ1n) is 8.50. The van der Waals surface area contributed by atoms with E-state index in [9.17, 15) is 19.8 Å². The Hall–Kier alpha value is -1.14. The Labute approximate surface area is 138 Å². The summed E-state index contributed by atoms with van der Waals surface area (Å²) < 4.78 is 5.24. The minimum Gasteiger partial charge on any atom is -0.464 e. The van der Waals surface area contributed by atoms with Crippen LogP contribution in [0.1, 0.15) is 53.4 Å². The summed E-state index contributed by atoms with van der Waals surface area (Å²) in [6.45, 7) is 7.35. The van der Waals surface area contributed by atoms with Gasteiger partial charge in [-0.15, -0.1) is 0 Å². The summed E-state index contributed by atoms with van der Waals surface area (Å²) in [5, 5.41) is 21.0. The number of amides is 1. The molecule has 0 unspecified atom stereocenters. The van der Waals surface area contributed by atoms with Gasteiger partial charge in [0.15, 0.2) is 6.04 Å². The summed E-state index contributed by atoms with van der Waals surface area (Å²) in [6.07, 6.45) is 2.91. The summed E-state index contributed by atoms with van der Waals surface area (Å²) in [7, 11) is 1.47. The minimum atomic E-state index is -1.66. The van der Waals surface area contributed by atoms with E-state index in [4.69, 9.17) is 4.74 Å². The Kier molecular flexibility index (Phi) is 7.02. The Balaban J connectivity index is 2.78. The maximum absolute atomic E-state index is 12.4. The van der Waals surface area contributed by atoms with E-state index in [1.807, 2.05) is 0 Å². The molecule has 0 radical (unpaired) electrons. The maximum Gasteiger partial charge on any atom is 0.331 e. The molecule has 0 aromatic heterocycles. The highest BCUT2D eigenvalue weighted by Gasteiger charge is 2.60. The third-order valence-electron chi connectivity index (χ3n) is 4.67. The molecule has 0 aromatic rings. The number of likely N-dealkylation sites (tertiary alicyclic amines) is 1. The normalized spacial score (nSPS) is 29.2. The Morgan fingerprint density at radius 2 is 1.96 bits per heavy atom. The number of likely N-dealkylation sites (N-methyl/N-ethyl adjacent to an activating group) is 1. The number of carbonyl (C=O) groups excluding carboxylic acids is 2. The topological polar surface area (TPSA) is 87.1 Å². The van der Waals surface area contributed by atoms with Crippen molar-refractivity contribution in [3.05, 3.63) is 0 Å². The Morgan fingerprint density at radius 1 is 1.35 bits per heavy atom. The Bertz CT molecular complexity index is 421. The molecule has 1 amide bonds. The van der Waals surface area contributed by atoms with Gasteiger partial charge in [-0.1, -0.05) is 40.0 Å². The molecular formula is C17H31NO5. The van der Waals surface area contributed by atoms with Gasteiger partial charge in [0.1, 0.15) is 5.60 Å². The minimum absolute atomic E-state index is 0.201. The highest BCUT2D eigenvalue weighted by molar-refractivity contribution is 5.92. The van der Waals surface area contributed by atoms with Gasteiger partial charge in [0.2, 0.25) is 5.91 Å².